The van der Waals surface area contributed by atoms with Crippen LogP contribution in [-0.2, 0) is 29.1 Å². The zero-order chi connectivity index (χ0) is 6.74. The average molecular weight is 223 g/mol. The molecular weight excluding hydrogens is 217 g/mol. The first-order valence-electron chi connectivity index (χ1n) is 2.63. The van der Waals surface area contributed by atoms with Crippen molar-refractivity contribution in [2.75, 3.05) is 0 Å². The first-order chi connectivity index (χ1) is 4.33. The minimum atomic E-state index is -0.944. The molecule has 0 aromatic heterocycles. The summed E-state index contributed by atoms with van der Waals surface area (Å²) < 4.78 is 0. The van der Waals surface area contributed by atoms with Crippen LogP contribution in [0, 0.1) is 5.41 Å². The summed E-state index contributed by atoms with van der Waals surface area (Å²) in [6.07, 6.45) is 7.74. The summed E-state index contributed by atoms with van der Waals surface area (Å²) in [7, 11) is 0. The van der Waals surface area contributed by atoms with Gasteiger partial charge in [-0.1, -0.05) is 24.3 Å². The van der Waals surface area contributed by atoms with Gasteiger partial charge in [-0.2, -0.15) is 0 Å². The summed E-state index contributed by atoms with van der Waals surface area (Å²) in [4.78, 5) is 20.5. The Morgan fingerprint density at radius 3 is 1.60 bits per heavy atom. The Morgan fingerprint density at radius 2 is 1.40 bits per heavy atom. The van der Waals surface area contributed by atoms with Crippen LogP contribution in [0.4, 0.5) is 0 Å². The molecule has 1 aliphatic carbocycles. The molecule has 0 unspecified atom stereocenters. The molecule has 54 valence electrons. The second-order valence-electron chi connectivity index (χ2n) is 1.95. The van der Waals surface area contributed by atoms with Gasteiger partial charge in [-0.05, 0) is 0 Å². The van der Waals surface area contributed by atoms with E-state index in [0.29, 0.717) is 12.6 Å². The van der Waals surface area contributed by atoms with Crippen LogP contribution in [0.15, 0.2) is 24.3 Å². The van der Waals surface area contributed by atoms with Crippen molar-refractivity contribution in [3.05, 3.63) is 24.3 Å². The summed E-state index contributed by atoms with van der Waals surface area (Å²) in [5, 5.41) is 0. The zero-order valence-corrected chi connectivity index (χ0v) is 6.87. The van der Waals surface area contributed by atoms with Gasteiger partial charge in [-0.25, -0.2) is 0 Å². The van der Waals surface area contributed by atoms with Crippen LogP contribution in [0.1, 0.15) is 0 Å². The Morgan fingerprint density at radius 1 is 1.00 bits per heavy atom. The number of aldehydes is 2. The quantitative estimate of drug-likeness (QED) is 0.388. The van der Waals surface area contributed by atoms with Gasteiger partial charge in [-0.3, -0.25) is 0 Å². The van der Waals surface area contributed by atoms with Crippen molar-refractivity contribution in [3.8, 4) is 0 Å². The maximum atomic E-state index is 10.2. The minimum Gasteiger partial charge on any atom is -0.302 e. The Balaban J connectivity index is 0.000000810. The molecule has 1 rings (SSSR count). The van der Waals surface area contributed by atoms with Crippen LogP contribution in [0.25, 0.3) is 0 Å². The fourth-order valence-corrected chi connectivity index (χ4v) is 0.685. The number of carbonyl (C=O) groups is 2. The van der Waals surface area contributed by atoms with Crippen LogP contribution < -0.4 is 0 Å². The monoisotopic (exact) mass is 224 g/mol. The zero-order valence-electron chi connectivity index (χ0n) is 5.13. The van der Waals surface area contributed by atoms with Crippen LogP contribution in [-0.4, -0.2) is 12.6 Å². The molecule has 0 atom stereocenters. The maximum absolute atomic E-state index is 10.2. The molecule has 0 saturated carbocycles. The van der Waals surface area contributed by atoms with Crippen molar-refractivity contribution in [1.29, 1.82) is 0 Å². The molecular formula is C7H6O2Ru. The van der Waals surface area contributed by atoms with Crippen LogP contribution in [0.2, 0.25) is 0 Å². The van der Waals surface area contributed by atoms with Crippen molar-refractivity contribution in [3.63, 3.8) is 0 Å². The molecule has 0 N–H and O–H groups in total. The Bertz CT molecular complexity index is 172. The first kappa shape index (κ1) is 9.44. The Hall–Kier alpha value is -0.557. The molecule has 0 bridgehead atoms. The number of hydrogen-bond donors (Lipinski definition) is 0. The molecule has 0 spiro atoms. The van der Waals surface area contributed by atoms with E-state index in [1.54, 1.807) is 24.3 Å². The second-order valence-corrected chi connectivity index (χ2v) is 1.95. The molecule has 0 heterocycles. The fraction of sp³-hybridized carbons (Fsp3) is 0.143. The predicted octanol–water partition coefficient (Wildman–Crippen LogP) is 0.494. The predicted molar refractivity (Wildman–Crippen MR) is 32.8 cm³/mol. The topological polar surface area (TPSA) is 34.1 Å². The molecule has 0 fully saturated rings. The summed E-state index contributed by atoms with van der Waals surface area (Å²) in [6.45, 7) is 0. The molecule has 0 radical (unpaired) electrons. The van der Waals surface area contributed by atoms with E-state index in [4.69, 9.17) is 0 Å². The normalized spacial score (nSPS) is 18.0. The molecule has 0 aromatic rings. The SMILES string of the molecule is O=CC1(C=O)C=CC=C1.[Ru]. The maximum Gasteiger partial charge on any atom is 0.140 e. The standard InChI is InChI=1S/C7H6O2.Ru/c8-5-7(6-9)3-1-2-4-7;/h1-6H;. The minimum absolute atomic E-state index is 0. The van der Waals surface area contributed by atoms with Gasteiger partial charge < -0.3 is 9.59 Å². The Kier molecular flexibility index (Phi) is 3.37. The Labute approximate surface area is 71.8 Å². The smallest absolute Gasteiger partial charge is 0.140 e. The van der Waals surface area contributed by atoms with Crippen LogP contribution >= 0.6 is 0 Å². The van der Waals surface area contributed by atoms with Crippen LogP contribution in [0.3, 0.4) is 0 Å². The van der Waals surface area contributed by atoms with Crippen molar-refractivity contribution in [2.24, 2.45) is 5.41 Å². The van der Waals surface area contributed by atoms with Crippen molar-refractivity contribution < 1.29 is 29.1 Å². The van der Waals surface area contributed by atoms with E-state index in [9.17, 15) is 9.59 Å². The average Bonchev–Trinajstić information content (AvgIpc) is 2.36. The molecule has 1 aliphatic rings. The van der Waals surface area contributed by atoms with E-state index < -0.39 is 5.41 Å². The molecule has 10 heavy (non-hydrogen) atoms. The first-order valence-corrected chi connectivity index (χ1v) is 2.63. The van der Waals surface area contributed by atoms with Gasteiger partial charge in [0.05, 0.1) is 0 Å². The third-order valence-corrected chi connectivity index (χ3v) is 1.29. The van der Waals surface area contributed by atoms with Crippen LogP contribution in [0.5, 0.6) is 0 Å². The van der Waals surface area contributed by atoms with E-state index in [-0.39, 0.29) is 19.5 Å². The van der Waals surface area contributed by atoms with E-state index >= 15 is 0 Å². The number of allylic oxidation sites excluding steroid dienone is 4. The molecule has 3 heteroatoms. The summed E-state index contributed by atoms with van der Waals surface area (Å²) >= 11 is 0. The van der Waals surface area contributed by atoms with Gasteiger partial charge in [0.2, 0.25) is 0 Å². The van der Waals surface area contributed by atoms with Crippen molar-refractivity contribution in [1.82, 2.24) is 0 Å². The fourth-order valence-electron chi connectivity index (χ4n) is 0.685. The summed E-state index contributed by atoms with van der Waals surface area (Å²) in [6, 6.07) is 0. The van der Waals surface area contributed by atoms with Gasteiger partial charge in [0.1, 0.15) is 18.0 Å². The second kappa shape index (κ2) is 3.57. The number of hydrogen-bond acceptors (Lipinski definition) is 2. The van der Waals surface area contributed by atoms with Crippen molar-refractivity contribution >= 4 is 12.6 Å². The van der Waals surface area contributed by atoms with Gasteiger partial charge in [0.25, 0.3) is 0 Å². The molecule has 2 nitrogen and oxygen atoms in total. The molecule has 0 aliphatic heterocycles. The largest absolute Gasteiger partial charge is 0.302 e. The molecule has 0 amide bonds. The third-order valence-electron chi connectivity index (χ3n) is 1.29. The van der Waals surface area contributed by atoms with E-state index in [1.165, 1.54) is 0 Å². The third kappa shape index (κ3) is 1.48. The van der Waals surface area contributed by atoms with E-state index in [2.05, 4.69) is 0 Å². The van der Waals surface area contributed by atoms with Gasteiger partial charge in [-0.15, -0.1) is 0 Å². The molecule has 0 aromatic carbocycles. The van der Waals surface area contributed by atoms with Gasteiger partial charge in [0, 0.05) is 19.5 Å². The van der Waals surface area contributed by atoms with E-state index in [0.717, 1.165) is 0 Å². The summed E-state index contributed by atoms with van der Waals surface area (Å²) in [5.74, 6) is 0. The molecule has 0 saturated heterocycles. The number of carbonyl (C=O) groups excluding carboxylic acids is 2. The van der Waals surface area contributed by atoms with Gasteiger partial charge >= 0.3 is 0 Å². The van der Waals surface area contributed by atoms with Crippen molar-refractivity contribution in [2.45, 2.75) is 0 Å². The van der Waals surface area contributed by atoms with Gasteiger partial charge in [0.15, 0.2) is 0 Å². The summed E-state index contributed by atoms with van der Waals surface area (Å²) in [5.41, 5.74) is -0.944. The number of rotatable bonds is 2. The van der Waals surface area contributed by atoms with E-state index in [1.807, 2.05) is 0 Å².